The van der Waals surface area contributed by atoms with Crippen LogP contribution < -0.4 is 4.72 Å². The summed E-state index contributed by atoms with van der Waals surface area (Å²) in [6, 6.07) is 21.0. The molecule has 0 bridgehead atoms. The van der Waals surface area contributed by atoms with Gasteiger partial charge >= 0.3 is 0 Å². The third-order valence-electron chi connectivity index (χ3n) is 4.94. The summed E-state index contributed by atoms with van der Waals surface area (Å²) in [4.78, 5) is 13.1. The summed E-state index contributed by atoms with van der Waals surface area (Å²) in [6.07, 6.45) is 2.33. The molecule has 0 amide bonds. The predicted octanol–water partition coefficient (Wildman–Crippen LogP) is 4.90. The van der Waals surface area contributed by atoms with Crippen LogP contribution in [-0.4, -0.2) is 14.2 Å². The number of nitrogens with one attached hydrogen (secondary N) is 1. The number of anilines is 1. The van der Waals surface area contributed by atoms with E-state index in [0.29, 0.717) is 17.0 Å². The minimum atomic E-state index is -3.79. The molecule has 1 N–H and O–H groups in total. The summed E-state index contributed by atoms with van der Waals surface area (Å²) in [6.45, 7) is 1.87. The van der Waals surface area contributed by atoms with Gasteiger partial charge in [-0.25, -0.2) is 8.42 Å². The zero-order chi connectivity index (χ0) is 19.7. The first kappa shape index (κ1) is 18.4. The maximum absolute atomic E-state index is 12.9. The maximum Gasteiger partial charge on any atom is 0.261 e. The summed E-state index contributed by atoms with van der Waals surface area (Å²) in [5.74, 6) is 0.350. The summed E-state index contributed by atoms with van der Waals surface area (Å²) in [5, 5.41) is 0. The van der Waals surface area contributed by atoms with Crippen molar-refractivity contribution in [3.8, 4) is 0 Å². The molecule has 0 atom stereocenters. The lowest BCUT2D eigenvalue weighted by Gasteiger charge is -2.13. The van der Waals surface area contributed by atoms with Crippen molar-refractivity contribution < 1.29 is 13.2 Å². The lowest BCUT2D eigenvalue weighted by Crippen LogP contribution is -2.16. The van der Waals surface area contributed by atoms with Crippen LogP contribution in [0.4, 0.5) is 5.69 Å². The summed E-state index contributed by atoms with van der Waals surface area (Å²) in [7, 11) is -3.79. The number of carbonyl (C=O) groups is 1. The molecular formula is C23H21NO3S. The molecule has 1 aliphatic carbocycles. The lowest BCUT2D eigenvalue weighted by molar-refractivity contribution is 0.103. The first-order valence-electron chi connectivity index (χ1n) is 9.27. The Balaban J connectivity index is 1.66. The van der Waals surface area contributed by atoms with Crippen LogP contribution in [0.1, 0.15) is 45.8 Å². The van der Waals surface area contributed by atoms with E-state index in [1.165, 1.54) is 18.4 Å². The Hall–Kier alpha value is -2.92. The highest BCUT2D eigenvalue weighted by Crippen LogP contribution is 2.40. The van der Waals surface area contributed by atoms with Crippen LogP contribution in [0.25, 0.3) is 0 Å². The number of benzene rings is 3. The van der Waals surface area contributed by atoms with E-state index >= 15 is 0 Å². The second-order valence-electron chi connectivity index (χ2n) is 7.19. The van der Waals surface area contributed by atoms with E-state index in [-0.39, 0.29) is 16.4 Å². The minimum absolute atomic E-state index is 0.190. The molecule has 142 valence electrons. The van der Waals surface area contributed by atoms with Crippen molar-refractivity contribution in [1.29, 1.82) is 0 Å². The molecule has 0 unspecified atom stereocenters. The Morgan fingerprint density at radius 1 is 0.929 bits per heavy atom. The predicted molar refractivity (Wildman–Crippen MR) is 110 cm³/mol. The molecule has 4 nitrogen and oxygen atoms in total. The highest BCUT2D eigenvalue weighted by atomic mass is 32.2. The molecule has 28 heavy (non-hydrogen) atoms. The Morgan fingerprint density at radius 3 is 2.25 bits per heavy atom. The van der Waals surface area contributed by atoms with Crippen molar-refractivity contribution in [2.45, 2.75) is 30.6 Å². The molecule has 0 heterocycles. The van der Waals surface area contributed by atoms with Crippen molar-refractivity contribution in [2.75, 3.05) is 4.72 Å². The fourth-order valence-corrected chi connectivity index (χ4v) is 4.30. The van der Waals surface area contributed by atoms with Gasteiger partial charge in [0.25, 0.3) is 10.0 Å². The number of rotatable bonds is 6. The molecule has 0 spiro atoms. The summed E-state index contributed by atoms with van der Waals surface area (Å²) < 4.78 is 28.3. The lowest BCUT2D eigenvalue weighted by atomic mass is 10.00. The van der Waals surface area contributed by atoms with Gasteiger partial charge < -0.3 is 0 Å². The second kappa shape index (κ2) is 7.24. The van der Waals surface area contributed by atoms with Gasteiger partial charge in [-0.05, 0) is 55.5 Å². The van der Waals surface area contributed by atoms with Crippen LogP contribution in [0.3, 0.4) is 0 Å². The zero-order valence-corrected chi connectivity index (χ0v) is 16.4. The van der Waals surface area contributed by atoms with Crippen LogP contribution in [0.5, 0.6) is 0 Å². The molecule has 1 aliphatic rings. The molecule has 1 saturated carbocycles. The minimum Gasteiger partial charge on any atom is -0.289 e. The number of aryl methyl sites for hydroxylation is 1. The highest BCUT2D eigenvalue weighted by molar-refractivity contribution is 7.92. The molecule has 0 saturated heterocycles. The van der Waals surface area contributed by atoms with Crippen molar-refractivity contribution in [3.05, 3.63) is 95.1 Å². The van der Waals surface area contributed by atoms with Crippen LogP contribution >= 0.6 is 0 Å². The van der Waals surface area contributed by atoms with Crippen molar-refractivity contribution >= 4 is 21.5 Å². The first-order valence-corrected chi connectivity index (χ1v) is 10.8. The van der Waals surface area contributed by atoms with Gasteiger partial charge in [0.15, 0.2) is 5.78 Å². The zero-order valence-electron chi connectivity index (χ0n) is 15.6. The standard InChI is InChI=1S/C23H21NO3S/c1-16-7-14-22(21(15-16)23(25)19-5-3-2-4-6-19)24-28(26,27)20-12-10-18(11-13-20)17-8-9-17/h2-7,10-15,17,24H,8-9H2,1H3. The van der Waals surface area contributed by atoms with Gasteiger partial charge in [0.1, 0.15) is 0 Å². The van der Waals surface area contributed by atoms with Crippen molar-refractivity contribution in [1.82, 2.24) is 0 Å². The largest absolute Gasteiger partial charge is 0.289 e. The van der Waals surface area contributed by atoms with Gasteiger partial charge in [0.05, 0.1) is 10.6 Å². The van der Waals surface area contributed by atoms with Crippen LogP contribution in [0.2, 0.25) is 0 Å². The average Bonchev–Trinajstić information content (AvgIpc) is 3.55. The number of ketones is 1. The number of carbonyl (C=O) groups excluding carboxylic acids is 1. The quantitative estimate of drug-likeness (QED) is 0.608. The monoisotopic (exact) mass is 391 g/mol. The van der Waals surface area contributed by atoms with Gasteiger partial charge in [-0.2, -0.15) is 0 Å². The van der Waals surface area contributed by atoms with Gasteiger partial charge in [-0.3, -0.25) is 9.52 Å². The van der Waals surface area contributed by atoms with E-state index in [2.05, 4.69) is 4.72 Å². The first-order chi connectivity index (χ1) is 13.4. The van der Waals surface area contributed by atoms with E-state index in [0.717, 1.165) is 5.56 Å². The van der Waals surface area contributed by atoms with Crippen LogP contribution in [0, 0.1) is 6.92 Å². The number of hydrogen-bond donors (Lipinski definition) is 1. The van der Waals surface area contributed by atoms with E-state index < -0.39 is 10.0 Å². The van der Waals surface area contributed by atoms with E-state index in [1.54, 1.807) is 54.6 Å². The number of sulfonamides is 1. The molecular weight excluding hydrogens is 370 g/mol. The van der Waals surface area contributed by atoms with E-state index in [9.17, 15) is 13.2 Å². The van der Waals surface area contributed by atoms with E-state index in [1.807, 2.05) is 25.1 Å². The molecule has 1 fully saturated rings. The summed E-state index contributed by atoms with van der Waals surface area (Å²) in [5.41, 5.74) is 3.20. The maximum atomic E-state index is 12.9. The number of hydrogen-bond acceptors (Lipinski definition) is 3. The van der Waals surface area contributed by atoms with Gasteiger partial charge in [0.2, 0.25) is 0 Å². The van der Waals surface area contributed by atoms with Gasteiger partial charge in [-0.1, -0.05) is 54.1 Å². The molecule has 0 radical (unpaired) electrons. The molecule has 0 aliphatic heterocycles. The van der Waals surface area contributed by atoms with Crippen LogP contribution in [0.15, 0.2) is 77.7 Å². The third-order valence-corrected chi connectivity index (χ3v) is 6.32. The fraction of sp³-hybridized carbons (Fsp3) is 0.174. The molecule has 4 rings (SSSR count). The molecule has 5 heteroatoms. The highest BCUT2D eigenvalue weighted by Gasteiger charge is 2.24. The average molecular weight is 391 g/mol. The van der Waals surface area contributed by atoms with E-state index in [4.69, 9.17) is 0 Å². The van der Waals surface area contributed by atoms with Gasteiger partial charge in [-0.15, -0.1) is 0 Å². The Bertz CT molecular complexity index is 1120. The topological polar surface area (TPSA) is 63.2 Å². The third kappa shape index (κ3) is 3.85. The Labute approximate surface area is 165 Å². The molecule has 3 aromatic carbocycles. The van der Waals surface area contributed by atoms with Crippen LogP contribution in [-0.2, 0) is 10.0 Å². The Kier molecular flexibility index (Phi) is 4.77. The summed E-state index contributed by atoms with van der Waals surface area (Å²) >= 11 is 0. The second-order valence-corrected chi connectivity index (χ2v) is 8.88. The smallest absolute Gasteiger partial charge is 0.261 e. The van der Waals surface area contributed by atoms with Gasteiger partial charge in [0, 0.05) is 11.1 Å². The normalized spacial score (nSPS) is 13.9. The van der Waals surface area contributed by atoms with Crippen molar-refractivity contribution in [3.63, 3.8) is 0 Å². The molecule has 3 aromatic rings. The fourth-order valence-electron chi connectivity index (χ4n) is 3.22. The SMILES string of the molecule is Cc1ccc(NS(=O)(=O)c2ccc(C3CC3)cc2)c(C(=O)c2ccccc2)c1. The Morgan fingerprint density at radius 2 is 1.61 bits per heavy atom. The van der Waals surface area contributed by atoms with Crippen molar-refractivity contribution in [2.24, 2.45) is 0 Å². The molecule has 0 aromatic heterocycles.